The first-order valence-electron chi connectivity index (χ1n) is 6.84. The zero-order valence-electron chi connectivity index (χ0n) is 11.7. The second kappa shape index (κ2) is 6.58. The van der Waals surface area contributed by atoms with Gasteiger partial charge in [0.25, 0.3) is 0 Å². The number of halogens is 1. The van der Waals surface area contributed by atoms with Crippen molar-refractivity contribution in [1.29, 1.82) is 0 Å². The van der Waals surface area contributed by atoms with Crippen LogP contribution < -0.4 is 0 Å². The molecule has 1 heterocycles. The maximum Gasteiger partial charge on any atom is 0.326 e. The van der Waals surface area contributed by atoms with Gasteiger partial charge < -0.3 is 15.1 Å². The molecule has 1 aromatic carbocycles. The number of nitrogens with zero attached hydrogens (tertiary/aromatic N) is 1. The van der Waals surface area contributed by atoms with Gasteiger partial charge >= 0.3 is 5.97 Å². The van der Waals surface area contributed by atoms with E-state index >= 15 is 0 Å². The molecule has 0 bridgehead atoms. The molecule has 5 nitrogen and oxygen atoms in total. The van der Waals surface area contributed by atoms with E-state index in [1.54, 1.807) is 0 Å². The Kier molecular flexibility index (Phi) is 5.00. The van der Waals surface area contributed by atoms with E-state index in [2.05, 4.69) is 15.9 Å². The Bertz CT molecular complexity index is 531. The number of hydrogen-bond acceptors (Lipinski definition) is 3. The van der Waals surface area contributed by atoms with Gasteiger partial charge in [0.1, 0.15) is 6.04 Å². The van der Waals surface area contributed by atoms with Gasteiger partial charge in [0, 0.05) is 23.9 Å². The van der Waals surface area contributed by atoms with E-state index in [1.165, 1.54) is 4.90 Å². The molecule has 0 aliphatic carbocycles. The molecule has 3 atom stereocenters. The average Bonchev–Trinajstić information content (AvgIpc) is 2.82. The van der Waals surface area contributed by atoms with Gasteiger partial charge in [-0.25, -0.2) is 4.79 Å². The summed E-state index contributed by atoms with van der Waals surface area (Å²) in [5.74, 6) is -1.29. The minimum Gasteiger partial charge on any atom is -0.480 e. The van der Waals surface area contributed by atoms with E-state index in [4.69, 9.17) is 5.11 Å². The third kappa shape index (κ3) is 3.83. The van der Waals surface area contributed by atoms with Crippen molar-refractivity contribution in [2.24, 2.45) is 0 Å². The van der Waals surface area contributed by atoms with Crippen LogP contribution >= 0.6 is 15.9 Å². The van der Waals surface area contributed by atoms with Gasteiger partial charge in [0.2, 0.25) is 5.91 Å². The minimum absolute atomic E-state index is 0.00205. The first kappa shape index (κ1) is 16.0. The van der Waals surface area contributed by atoms with Crippen LogP contribution in [0.15, 0.2) is 28.7 Å². The SMILES string of the molecule is CC(CC(=O)N1CC(O)CC1C(=O)O)c1ccc(Br)cc1. The van der Waals surface area contributed by atoms with Crippen molar-refractivity contribution in [2.45, 2.75) is 37.8 Å². The van der Waals surface area contributed by atoms with Gasteiger partial charge in [0.05, 0.1) is 6.10 Å². The number of carbonyl (C=O) groups is 2. The van der Waals surface area contributed by atoms with Crippen molar-refractivity contribution in [3.63, 3.8) is 0 Å². The molecule has 0 spiro atoms. The molecular formula is C15H18BrNO4. The van der Waals surface area contributed by atoms with Gasteiger partial charge in [-0.1, -0.05) is 35.0 Å². The molecule has 1 fully saturated rings. The number of carboxylic acids is 1. The van der Waals surface area contributed by atoms with E-state index in [0.29, 0.717) is 0 Å². The summed E-state index contributed by atoms with van der Waals surface area (Å²) in [6.07, 6.45) is -0.413. The van der Waals surface area contributed by atoms with Crippen LogP contribution in [-0.2, 0) is 9.59 Å². The number of aliphatic carboxylic acids is 1. The normalized spacial score (nSPS) is 23.1. The number of rotatable bonds is 4. The number of likely N-dealkylation sites (tertiary alicyclic amines) is 1. The molecule has 3 unspecified atom stereocenters. The van der Waals surface area contributed by atoms with Crippen LogP contribution in [0.5, 0.6) is 0 Å². The lowest BCUT2D eigenvalue weighted by Crippen LogP contribution is -2.41. The van der Waals surface area contributed by atoms with Gasteiger partial charge in [-0.3, -0.25) is 4.79 Å². The van der Waals surface area contributed by atoms with E-state index in [1.807, 2.05) is 31.2 Å². The van der Waals surface area contributed by atoms with Crippen LogP contribution in [0.1, 0.15) is 31.2 Å². The zero-order chi connectivity index (χ0) is 15.6. The molecular weight excluding hydrogens is 338 g/mol. The highest BCUT2D eigenvalue weighted by Gasteiger charge is 2.38. The van der Waals surface area contributed by atoms with E-state index in [-0.39, 0.29) is 31.2 Å². The first-order chi connectivity index (χ1) is 9.88. The Morgan fingerprint density at radius 2 is 2.00 bits per heavy atom. The van der Waals surface area contributed by atoms with E-state index < -0.39 is 18.1 Å². The van der Waals surface area contributed by atoms with Crippen LogP contribution in [0.4, 0.5) is 0 Å². The summed E-state index contributed by atoms with van der Waals surface area (Å²) in [4.78, 5) is 24.7. The molecule has 0 radical (unpaired) electrons. The third-order valence-electron chi connectivity index (χ3n) is 3.80. The molecule has 1 aromatic rings. The fourth-order valence-electron chi connectivity index (χ4n) is 2.61. The molecule has 2 rings (SSSR count). The lowest BCUT2D eigenvalue weighted by atomic mass is 9.97. The molecule has 114 valence electrons. The van der Waals surface area contributed by atoms with Crippen molar-refractivity contribution < 1.29 is 19.8 Å². The highest BCUT2D eigenvalue weighted by Crippen LogP contribution is 2.25. The van der Waals surface area contributed by atoms with Gasteiger partial charge in [-0.2, -0.15) is 0 Å². The largest absolute Gasteiger partial charge is 0.480 e. The zero-order valence-corrected chi connectivity index (χ0v) is 13.3. The predicted molar refractivity (Wildman–Crippen MR) is 80.9 cm³/mol. The monoisotopic (exact) mass is 355 g/mol. The summed E-state index contributed by atoms with van der Waals surface area (Å²) in [6, 6.07) is 6.79. The predicted octanol–water partition coefficient (Wildman–Crippen LogP) is 1.99. The maximum atomic E-state index is 12.3. The summed E-state index contributed by atoms with van der Waals surface area (Å²) >= 11 is 3.36. The van der Waals surface area contributed by atoms with Crippen molar-refractivity contribution >= 4 is 27.8 Å². The number of hydrogen-bond donors (Lipinski definition) is 2. The van der Waals surface area contributed by atoms with Crippen LogP contribution in [0.2, 0.25) is 0 Å². The Morgan fingerprint density at radius 3 is 2.57 bits per heavy atom. The number of amides is 1. The topological polar surface area (TPSA) is 77.8 Å². The Labute approximate surface area is 131 Å². The van der Waals surface area contributed by atoms with Crippen molar-refractivity contribution in [2.75, 3.05) is 6.54 Å². The van der Waals surface area contributed by atoms with Gasteiger partial charge in [0.15, 0.2) is 0 Å². The summed E-state index contributed by atoms with van der Waals surface area (Å²) in [5, 5.41) is 18.7. The smallest absolute Gasteiger partial charge is 0.326 e. The summed E-state index contributed by atoms with van der Waals surface area (Å²) in [7, 11) is 0. The molecule has 0 aromatic heterocycles. The minimum atomic E-state index is -1.06. The molecule has 1 aliphatic heterocycles. The van der Waals surface area contributed by atoms with Crippen molar-refractivity contribution in [1.82, 2.24) is 4.90 Å². The maximum absolute atomic E-state index is 12.3. The third-order valence-corrected chi connectivity index (χ3v) is 4.33. The number of benzene rings is 1. The molecule has 0 saturated carbocycles. The number of aliphatic hydroxyl groups is 1. The second-order valence-electron chi connectivity index (χ2n) is 5.45. The van der Waals surface area contributed by atoms with Crippen molar-refractivity contribution in [3.05, 3.63) is 34.3 Å². The molecule has 1 aliphatic rings. The molecule has 21 heavy (non-hydrogen) atoms. The van der Waals surface area contributed by atoms with Crippen LogP contribution in [0.3, 0.4) is 0 Å². The van der Waals surface area contributed by atoms with E-state index in [0.717, 1.165) is 10.0 Å². The molecule has 2 N–H and O–H groups in total. The van der Waals surface area contributed by atoms with Crippen molar-refractivity contribution in [3.8, 4) is 0 Å². The standard InChI is InChI=1S/C15H18BrNO4/c1-9(10-2-4-11(16)5-3-10)6-14(19)17-8-12(18)7-13(17)15(20)21/h2-5,9,12-13,18H,6-8H2,1H3,(H,20,21). The quantitative estimate of drug-likeness (QED) is 0.865. The lowest BCUT2D eigenvalue weighted by Gasteiger charge is -2.23. The second-order valence-corrected chi connectivity index (χ2v) is 6.36. The molecule has 6 heteroatoms. The van der Waals surface area contributed by atoms with Gasteiger partial charge in [-0.15, -0.1) is 0 Å². The Balaban J connectivity index is 2.03. The Morgan fingerprint density at radius 1 is 1.38 bits per heavy atom. The highest BCUT2D eigenvalue weighted by molar-refractivity contribution is 9.10. The van der Waals surface area contributed by atoms with Crippen LogP contribution in [0.25, 0.3) is 0 Å². The van der Waals surface area contributed by atoms with Gasteiger partial charge in [-0.05, 0) is 23.6 Å². The van der Waals surface area contributed by atoms with E-state index in [9.17, 15) is 14.7 Å². The number of aliphatic hydroxyl groups excluding tert-OH is 1. The molecule has 1 amide bonds. The Hall–Kier alpha value is -1.40. The number of carboxylic acid groups (broad SMARTS) is 1. The van der Waals surface area contributed by atoms with Crippen LogP contribution in [0, 0.1) is 0 Å². The number of carbonyl (C=O) groups excluding carboxylic acids is 1. The fourth-order valence-corrected chi connectivity index (χ4v) is 2.88. The van der Waals surface area contributed by atoms with Crippen LogP contribution in [-0.4, -0.2) is 45.7 Å². The average molecular weight is 356 g/mol. The summed E-state index contributed by atoms with van der Waals surface area (Å²) in [6.45, 7) is 2.03. The first-order valence-corrected chi connectivity index (χ1v) is 7.63. The highest BCUT2D eigenvalue weighted by atomic mass is 79.9. The molecule has 1 saturated heterocycles. The number of β-amino-alcohol motifs (C(OH)–C–C–N with tert-alkyl or cyclic N) is 1. The fraction of sp³-hybridized carbons (Fsp3) is 0.467. The summed E-state index contributed by atoms with van der Waals surface area (Å²) < 4.78 is 0.971. The lowest BCUT2D eigenvalue weighted by molar-refractivity contribution is -0.148. The summed E-state index contributed by atoms with van der Waals surface area (Å²) in [5.41, 5.74) is 1.03.